The van der Waals surface area contributed by atoms with E-state index in [1.807, 2.05) is 31.2 Å². The molecule has 0 atom stereocenters. The summed E-state index contributed by atoms with van der Waals surface area (Å²) in [4.78, 5) is 14.5. The van der Waals surface area contributed by atoms with Crippen LogP contribution in [0.3, 0.4) is 0 Å². The molecule has 2 rings (SSSR count). The molecule has 74 valence electrons. The van der Waals surface area contributed by atoms with Crippen LogP contribution >= 0.6 is 0 Å². The van der Waals surface area contributed by atoms with Crippen LogP contribution in [0.25, 0.3) is 5.57 Å². The van der Waals surface area contributed by atoms with Crippen LogP contribution in [0.2, 0.25) is 0 Å². The Kier molecular flexibility index (Phi) is 2.48. The standard InChI is InChI=1S/C12H9NO2/c1-9-4-2-3-5-10(6-9)12-13-11(7-14)8-15-12/h2-3,5-8H,1H3. The van der Waals surface area contributed by atoms with Crippen molar-refractivity contribution in [3.8, 4) is 0 Å². The Bertz CT molecular complexity index is 511. The molecule has 0 amide bonds. The molecule has 15 heavy (non-hydrogen) atoms. The van der Waals surface area contributed by atoms with Crippen LogP contribution in [0.5, 0.6) is 0 Å². The highest BCUT2D eigenvalue weighted by molar-refractivity contribution is 5.75. The molecule has 1 aromatic rings. The van der Waals surface area contributed by atoms with Gasteiger partial charge in [0.1, 0.15) is 12.0 Å². The van der Waals surface area contributed by atoms with E-state index < -0.39 is 0 Å². The number of aromatic nitrogens is 1. The van der Waals surface area contributed by atoms with Crippen molar-refractivity contribution >= 4 is 11.9 Å². The van der Waals surface area contributed by atoms with Crippen molar-refractivity contribution < 1.29 is 9.21 Å². The largest absolute Gasteiger partial charge is 0.444 e. The molecule has 0 N–H and O–H groups in total. The number of nitrogens with zero attached hydrogens (tertiary/aromatic N) is 1. The summed E-state index contributed by atoms with van der Waals surface area (Å²) < 4.78 is 5.18. The zero-order valence-electron chi connectivity index (χ0n) is 8.23. The zero-order valence-corrected chi connectivity index (χ0v) is 8.23. The summed E-state index contributed by atoms with van der Waals surface area (Å²) in [6, 6.07) is 0. The second-order valence-corrected chi connectivity index (χ2v) is 3.15. The highest BCUT2D eigenvalue weighted by Gasteiger charge is 2.07. The molecule has 1 heterocycles. The minimum absolute atomic E-state index is 0.304. The van der Waals surface area contributed by atoms with Crippen LogP contribution in [0.15, 0.2) is 46.3 Å². The number of carbonyl (C=O) groups excluding carboxylic acids is 1. The van der Waals surface area contributed by atoms with Crippen molar-refractivity contribution in [1.29, 1.82) is 0 Å². The Labute approximate surface area is 87.1 Å². The molecular weight excluding hydrogens is 190 g/mol. The Balaban J connectivity index is 2.40. The smallest absolute Gasteiger partial charge is 0.226 e. The van der Waals surface area contributed by atoms with Gasteiger partial charge in [0, 0.05) is 5.57 Å². The molecule has 0 unspecified atom stereocenters. The lowest BCUT2D eigenvalue weighted by Crippen LogP contribution is -1.83. The van der Waals surface area contributed by atoms with Gasteiger partial charge in [-0.15, -0.1) is 5.73 Å². The summed E-state index contributed by atoms with van der Waals surface area (Å²) >= 11 is 0. The maximum Gasteiger partial charge on any atom is 0.226 e. The van der Waals surface area contributed by atoms with Gasteiger partial charge in [0.05, 0.1) is 0 Å². The molecule has 0 bridgehead atoms. The quantitative estimate of drug-likeness (QED) is 0.543. The zero-order chi connectivity index (χ0) is 10.7. The average molecular weight is 199 g/mol. The van der Waals surface area contributed by atoms with Crippen LogP contribution in [-0.2, 0) is 0 Å². The van der Waals surface area contributed by atoms with E-state index >= 15 is 0 Å². The van der Waals surface area contributed by atoms with Gasteiger partial charge in [-0.05, 0) is 30.7 Å². The molecule has 3 heteroatoms. The third-order valence-corrected chi connectivity index (χ3v) is 1.94. The topological polar surface area (TPSA) is 43.1 Å². The number of aldehydes is 1. The molecule has 0 saturated heterocycles. The van der Waals surface area contributed by atoms with Gasteiger partial charge in [0.15, 0.2) is 6.29 Å². The first kappa shape index (κ1) is 9.44. The number of hydrogen-bond acceptors (Lipinski definition) is 3. The fraction of sp³-hybridized carbons (Fsp3) is 0.0833. The fourth-order valence-electron chi connectivity index (χ4n) is 1.26. The van der Waals surface area contributed by atoms with E-state index in [1.54, 1.807) is 0 Å². The van der Waals surface area contributed by atoms with Crippen LogP contribution < -0.4 is 0 Å². The predicted molar refractivity (Wildman–Crippen MR) is 56.3 cm³/mol. The van der Waals surface area contributed by atoms with Crippen LogP contribution in [0.4, 0.5) is 0 Å². The van der Waals surface area contributed by atoms with E-state index in [0.717, 1.165) is 11.1 Å². The molecule has 0 aromatic carbocycles. The second kappa shape index (κ2) is 3.95. The van der Waals surface area contributed by atoms with Gasteiger partial charge in [0.25, 0.3) is 0 Å². The lowest BCUT2D eigenvalue weighted by Gasteiger charge is -1.93. The summed E-state index contributed by atoms with van der Waals surface area (Å²) in [6.07, 6.45) is 9.45. The third kappa shape index (κ3) is 2.03. The molecule has 0 fully saturated rings. The fourth-order valence-corrected chi connectivity index (χ4v) is 1.26. The number of hydrogen-bond donors (Lipinski definition) is 0. The summed E-state index contributed by atoms with van der Waals surface area (Å²) in [5.74, 6) is 0.449. The van der Waals surface area contributed by atoms with E-state index in [0.29, 0.717) is 17.9 Å². The molecule has 1 aliphatic carbocycles. The van der Waals surface area contributed by atoms with Gasteiger partial charge in [-0.25, -0.2) is 4.98 Å². The maximum absolute atomic E-state index is 10.5. The Morgan fingerprint density at radius 2 is 2.40 bits per heavy atom. The first-order chi connectivity index (χ1) is 7.29. The molecule has 0 spiro atoms. The molecule has 0 saturated carbocycles. The number of rotatable bonds is 2. The van der Waals surface area contributed by atoms with Crippen molar-refractivity contribution in [2.45, 2.75) is 6.92 Å². The summed E-state index contributed by atoms with van der Waals surface area (Å²) in [7, 11) is 0. The van der Waals surface area contributed by atoms with Crippen molar-refractivity contribution in [1.82, 2.24) is 4.98 Å². The van der Waals surface area contributed by atoms with E-state index in [4.69, 9.17) is 4.42 Å². The van der Waals surface area contributed by atoms with Gasteiger partial charge in [0.2, 0.25) is 5.89 Å². The normalized spacial score (nSPS) is 14.5. The molecular formula is C12H9NO2. The van der Waals surface area contributed by atoms with E-state index in [1.165, 1.54) is 6.26 Å². The van der Waals surface area contributed by atoms with Gasteiger partial charge < -0.3 is 4.42 Å². The first-order valence-corrected chi connectivity index (χ1v) is 4.52. The van der Waals surface area contributed by atoms with Gasteiger partial charge in [-0.1, -0.05) is 6.08 Å². The SMILES string of the molecule is CC1=C=CC=CC(c2nc(C=O)co2)=C1. The summed E-state index contributed by atoms with van der Waals surface area (Å²) in [5, 5.41) is 0. The van der Waals surface area contributed by atoms with Crippen LogP contribution in [-0.4, -0.2) is 11.3 Å². The lowest BCUT2D eigenvalue weighted by molar-refractivity contribution is 0.111. The number of oxazole rings is 1. The van der Waals surface area contributed by atoms with E-state index in [9.17, 15) is 4.79 Å². The molecule has 0 radical (unpaired) electrons. The third-order valence-electron chi connectivity index (χ3n) is 1.94. The summed E-state index contributed by atoms with van der Waals surface area (Å²) in [6.45, 7) is 1.94. The Morgan fingerprint density at radius 3 is 3.13 bits per heavy atom. The highest BCUT2D eigenvalue weighted by Crippen LogP contribution is 2.18. The van der Waals surface area contributed by atoms with Crippen molar-refractivity contribution in [2.75, 3.05) is 0 Å². The van der Waals surface area contributed by atoms with Crippen molar-refractivity contribution in [3.63, 3.8) is 0 Å². The average Bonchev–Trinajstić information content (AvgIpc) is 2.61. The first-order valence-electron chi connectivity index (χ1n) is 4.52. The number of allylic oxidation sites excluding steroid dienone is 5. The second-order valence-electron chi connectivity index (χ2n) is 3.15. The molecule has 3 nitrogen and oxygen atoms in total. The van der Waals surface area contributed by atoms with Gasteiger partial charge >= 0.3 is 0 Å². The minimum Gasteiger partial charge on any atom is -0.444 e. The molecule has 1 aliphatic rings. The Hall–Kier alpha value is -2.12. The monoisotopic (exact) mass is 199 g/mol. The van der Waals surface area contributed by atoms with Crippen LogP contribution in [0, 0.1) is 0 Å². The van der Waals surface area contributed by atoms with Crippen molar-refractivity contribution in [3.05, 3.63) is 53.5 Å². The van der Waals surface area contributed by atoms with Gasteiger partial charge in [-0.2, -0.15) is 0 Å². The number of carbonyl (C=O) groups is 1. The molecule has 1 aromatic heterocycles. The van der Waals surface area contributed by atoms with Crippen molar-refractivity contribution in [2.24, 2.45) is 0 Å². The van der Waals surface area contributed by atoms with Crippen LogP contribution in [0.1, 0.15) is 23.3 Å². The maximum atomic E-state index is 10.5. The lowest BCUT2D eigenvalue weighted by atomic mass is 10.2. The molecule has 0 aliphatic heterocycles. The predicted octanol–water partition coefficient (Wildman–Crippen LogP) is 2.54. The van der Waals surface area contributed by atoms with E-state index in [2.05, 4.69) is 10.7 Å². The van der Waals surface area contributed by atoms with Gasteiger partial charge in [-0.3, -0.25) is 4.79 Å². The van der Waals surface area contributed by atoms with E-state index in [-0.39, 0.29) is 0 Å². The highest BCUT2D eigenvalue weighted by atomic mass is 16.3. The Morgan fingerprint density at radius 1 is 1.53 bits per heavy atom. The minimum atomic E-state index is 0.304. The summed E-state index contributed by atoms with van der Waals surface area (Å²) in [5.41, 5.74) is 5.18.